The number of carbonyl (C=O) groups excluding carboxylic acids is 2. The van der Waals surface area contributed by atoms with Crippen molar-refractivity contribution in [3.05, 3.63) is 29.3 Å². The van der Waals surface area contributed by atoms with Gasteiger partial charge in [-0.2, -0.15) is 0 Å². The number of hydrogen-bond acceptors (Lipinski definition) is 4. The minimum Gasteiger partial charge on any atom is -0.488 e. The smallest absolute Gasteiger partial charge is 0.225 e. The molecular formula is C22H29ClN2O4. The van der Waals surface area contributed by atoms with Crippen LogP contribution < -0.4 is 4.74 Å². The van der Waals surface area contributed by atoms with Crippen LogP contribution in [0.3, 0.4) is 0 Å². The first-order valence-electron chi connectivity index (χ1n) is 10.6. The van der Waals surface area contributed by atoms with Crippen molar-refractivity contribution in [2.24, 2.45) is 17.8 Å². The van der Waals surface area contributed by atoms with Crippen LogP contribution in [0.15, 0.2) is 24.3 Å². The van der Waals surface area contributed by atoms with Crippen molar-refractivity contribution < 1.29 is 19.4 Å². The molecule has 1 aliphatic carbocycles. The fourth-order valence-corrected chi connectivity index (χ4v) is 5.29. The second-order valence-corrected chi connectivity index (χ2v) is 9.13. The van der Waals surface area contributed by atoms with E-state index in [1.807, 2.05) is 21.9 Å². The average molecular weight is 421 g/mol. The number of likely N-dealkylation sites (tertiary alicyclic amines) is 2. The van der Waals surface area contributed by atoms with Crippen LogP contribution >= 0.6 is 11.6 Å². The number of piperidine rings is 1. The molecule has 2 amide bonds. The Labute approximate surface area is 176 Å². The Morgan fingerprint density at radius 3 is 2.45 bits per heavy atom. The number of rotatable bonds is 3. The molecule has 1 saturated carbocycles. The fourth-order valence-electron chi connectivity index (χ4n) is 5.11. The van der Waals surface area contributed by atoms with E-state index in [9.17, 15) is 14.7 Å². The number of halogens is 1. The van der Waals surface area contributed by atoms with Gasteiger partial charge in [0.2, 0.25) is 11.8 Å². The number of ether oxygens (including phenoxy) is 1. The lowest BCUT2D eigenvalue weighted by molar-refractivity contribution is -0.139. The lowest BCUT2D eigenvalue weighted by Gasteiger charge is -2.35. The number of amides is 2. The highest BCUT2D eigenvalue weighted by Crippen LogP contribution is 2.39. The van der Waals surface area contributed by atoms with E-state index in [1.54, 1.807) is 19.1 Å². The molecule has 1 aromatic carbocycles. The Balaban J connectivity index is 1.34. The highest BCUT2D eigenvalue weighted by Gasteiger charge is 2.45. The Bertz CT molecular complexity index is 765. The molecular weight excluding hydrogens is 392 g/mol. The molecule has 1 aromatic rings. The fraction of sp³-hybridized carbons (Fsp3) is 0.636. The predicted molar refractivity (Wildman–Crippen MR) is 110 cm³/mol. The minimum atomic E-state index is -0.538. The molecule has 0 aromatic heterocycles. The highest BCUT2D eigenvalue weighted by atomic mass is 35.5. The molecule has 6 nitrogen and oxygen atoms in total. The maximum atomic E-state index is 13.0. The van der Waals surface area contributed by atoms with Gasteiger partial charge in [-0.25, -0.2) is 0 Å². The van der Waals surface area contributed by atoms with Crippen molar-refractivity contribution in [3.8, 4) is 5.75 Å². The van der Waals surface area contributed by atoms with E-state index >= 15 is 0 Å². The first-order chi connectivity index (χ1) is 13.9. The van der Waals surface area contributed by atoms with Crippen molar-refractivity contribution in [3.63, 3.8) is 0 Å². The van der Waals surface area contributed by atoms with E-state index in [-0.39, 0.29) is 23.8 Å². The summed E-state index contributed by atoms with van der Waals surface area (Å²) in [6, 6.07) is 7.24. The van der Waals surface area contributed by atoms with Crippen LogP contribution in [-0.2, 0) is 9.59 Å². The number of fused-ring (bicyclic) bond motifs is 1. The van der Waals surface area contributed by atoms with Crippen molar-refractivity contribution in [2.75, 3.05) is 26.2 Å². The number of carbonyl (C=O) groups is 2. The number of nitrogens with zero attached hydrogens (tertiary/aromatic N) is 2. The third kappa shape index (κ3) is 4.53. The average Bonchev–Trinajstić information content (AvgIpc) is 3.10. The maximum Gasteiger partial charge on any atom is 0.225 e. The van der Waals surface area contributed by atoms with Gasteiger partial charge in [0.25, 0.3) is 0 Å². The molecule has 0 unspecified atom stereocenters. The van der Waals surface area contributed by atoms with Crippen molar-refractivity contribution in [1.29, 1.82) is 0 Å². The summed E-state index contributed by atoms with van der Waals surface area (Å²) >= 11 is 6.03. The van der Waals surface area contributed by atoms with E-state index in [2.05, 4.69) is 0 Å². The minimum absolute atomic E-state index is 0.00850. The quantitative estimate of drug-likeness (QED) is 0.815. The molecule has 4 atom stereocenters. The third-order valence-electron chi connectivity index (χ3n) is 6.77. The standard InChI is InChI=1S/C22H29ClN2O4/c1-14(26)24-7-5-15(6-8-24)22(28)25-12-16-9-20(27)21(10-17(16)13-25)29-19-4-2-3-18(23)11-19/h2-4,11,15-17,20-21,27H,5-10,12-13H2,1H3/t16-,17+,20+,21+/m0/s1. The first kappa shape index (κ1) is 20.5. The molecule has 2 heterocycles. The molecule has 0 radical (unpaired) electrons. The topological polar surface area (TPSA) is 70.1 Å². The highest BCUT2D eigenvalue weighted by molar-refractivity contribution is 6.30. The van der Waals surface area contributed by atoms with Gasteiger partial charge in [0, 0.05) is 44.0 Å². The Hall–Kier alpha value is -1.79. The second kappa shape index (κ2) is 8.52. The van der Waals surface area contributed by atoms with E-state index in [4.69, 9.17) is 16.3 Å². The summed E-state index contributed by atoms with van der Waals surface area (Å²) < 4.78 is 6.03. The zero-order valence-corrected chi connectivity index (χ0v) is 17.6. The summed E-state index contributed by atoms with van der Waals surface area (Å²) in [6.07, 6.45) is 2.07. The molecule has 2 aliphatic heterocycles. The molecule has 0 spiro atoms. The first-order valence-corrected chi connectivity index (χ1v) is 10.9. The van der Waals surface area contributed by atoms with E-state index in [1.165, 1.54) is 0 Å². The molecule has 7 heteroatoms. The van der Waals surface area contributed by atoms with Gasteiger partial charge < -0.3 is 19.6 Å². The summed E-state index contributed by atoms with van der Waals surface area (Å²) in [7, 11) is 0. The largest absolute Gasteiger partial charge is 0.488 e. The van der Waals surface area contributed by atoms with Gasteiger partial charge in [0.15, 0.2) is 0 Å². The summed E-state index contributed by atoms with van der Waals surface area (Å²) in [6.45, 7) is 4.37. The van der Waals surface area contributed by atoms with Crippen LogP contribution in [0.4, 0.5) is 0 Å². The normalized spacial score (nSPS) is 30.2. The number of hydrogen-bond donors (Lipinski definition) is 1. The Kier molecular flexibility index (Phi) is 6.02. The van der Waals surface area contributed by atoms with Gasteiger partial charge in [0.05, 0.1) is 6.10 Å². The van der Waals surface area contributed by atoms with E-state index in [0.29, 0.717) is 42.1 Å². The molecule has 3 aliphatic rings. The molecule has 2 saturated heterocycles. The summed E-state index contributed by atoms with van der Waals surface area (Å²) in [4.78, 5) is 28.3. The number of aliphatic hydroxyl groups is 1. The zero-order valence-electron chi connectivity index (χ0n) is 16.8. The molecule has 158 valence electrons. The van der Waals surface area contributed by atoms with Crippen molar-refractivity contribution >= 4 is 23.4 Å². The predicted octanol–water partition coefficient (Wildman–Crippen LogP) is 2.58. The molecule has 3 fully saturated rings. The van der Waals surface area contributed by atoms with Gasteiger partial charge in [-0.3, -0.25) is 9.59 Å². The monoisotopic (exact) mass is 420 g/mol. The zero-order chi connectivity index (χ0) is 20.5. The van der Waals surface area contributed by atoms with Crippen LogP contribution in [0.2, 0.25) is 5.02 Å². The molecule has 4 rings (SSSR count). The lowest BCUT2D eigenvalue weighted by atomic mass is 9.78. The van der Waals surface area contributed by atoms with Gasteiger partial charge in [-0.1, -0.05) is 17.7 Å². The van der Waals surface area contributed by atoms with E-state index in [0.717, 1.165) is 32.4 Å². The third-order valence-corrected chi connectivity index (χ3v) is 7.00. The van der Waals surface area contributed by atoms with Crippen molar-refractivity contribution in [2.45, 2.75) is 44.8 Å². The van der Waals surface area contributed by atoms with E-state index < -0.39 is 6.10 Å². The van der Waals surface area contributed by atoms with Gasteiger partial charge in [-0.15, -0.1) is 0 Å². The second-order valence-electron chi connectivity index (χ2n) is 8.70. The van der Waals surface area contributed by atoms with Gasteiger partial charge >= 0.3 is 0 Å². The van der Waals surface area contributed by atoms with Crippen molar-refractivity contribution in [1.82, 2.24) is 9.80 Å². The lowest BCUT2D eigenvalue weighted by Crippen LogP contribution is -2.43. The van der Waals surface area contributed by atoms with Crippen LogP contribution in [0.25, 0.3) is 0 Å². The Morgan fingerprint density at radius 2 is 1.79 bits per heavy atom. The molecule has 1 N–H and O–H groups in total. The van der Waals surface area contributed by atoms with Gasteiger partial charge in [0.1, 0.15) is 11.9 Å². The van der Waals surface area contributed by atoms with Gasteiger partial charge in [-0.05, 0) is 55.7 Å². The van der Waals surface area contributed by atoms with Crippen LogP contribution in [0, 0.1) is 17.8 Å². The molecule has 0 bridgehead atoms. The number of aliphatic hydroxyl groups excluding tert-OH is 1. The van der Waals surface area contributed by atoms with Crippen LogP contribution in [0.1, 0.15) is 32.6 Å². The summed E-state index contributed by atoms with van der Waals surface area (Å²) in [5, 5.41) is 11.2. The number of benzene rings is 1. The summed E-state index contributed by atoms with van der Waals surface area (Å²) in [5.74, 6) is 1.65. The Morgan fingerprint density at radius 1 is 1.10 bits per heavy atom. The van der Waals surface area contributed by atoms with Crippen LogP contribution in [0.5, 0.6) is 5.75 Å². The van der Waals surface area contributed by atoms with Crippen LogP contribution in [-0.4, -0.2) is 65.1 Å². The molecule has 29 heavy (non-hydrogen) atoms. The summed E-state index contributed by atoms with van der Waals surface area (Å²) in [5.41, 5.74) is 0. The maximum absolute atomic E-state index is 13.0. The SMILES string of the molecule is CC(=O)N1CCC(C(=O)N2C[C@H]3C[C@@H](Oc4cccc(Cl)c4)[C@H](O)C[C@H]3C2)CC1.